The number of urea groups is 1. The second kappa shape index (κ2) is 9.09. The Hall–Kier alpha value is -2.86. The highest BCUT2D eigenvalue weighted by Gasteiger charge is 2.21. The number of benzene rings is 2. The lowest BCUT2D eigenvalue weighted by molar-refractivity contribution is 0.0858. The number of fused-ring (bicyclic) bond motifs is 1. The first kappa shape index (κ1) is 19.5. The van der Waals surface area contributed by atoms with Crippen LogP contribution in [0.25, 0.3) is 0 Å². The van der Waals surface area contributed by atoms with E-state index in [1.807, 2.05) is 23.1 Å². The Labute approximate surface area is 171 Å². The van der Waals surface area contributed by atoms with Gasteiger partial charge in [-0.15, -0.1) is 0 Å². The van der Waals surface area contributed by atoms with Gasteiger partial charge < -0.3 is 15.4 Å². The van der Waals surface area contributed by atoms with Gasteiger partial charge in [-0.05, 0) is 68.0 Å². The molecule has 2 aromatic rings. The number of anilines is 2. The van der Waals surface area contributed by atoms with Crippen LogP contribution in [0.2, 0.25) is 0 Å². The van der Waals surface area contributed by atoms with Crippen LogP contribution in [-0.2, 0) is 11.2 Å². The summed E-state index contributed by atoms with van der Waals surface area (Å²) in [5, 5.41) is 5.87. The molecule has 2 aromatic carbocycles. The van der Waals surface area contributed by atoms with Gasteiger partial charge in [0.25, 0.3) is 5.91 Å². The molecular formula is C23H27N3O3. The predicted molar refractivity (Wildman–Crippen MR) is 113 cm³/mol. The number of carbonyl (C=O) groups excluding carboxylic acids is 2. The maximum Gasteiger partial charge on any atom is 0.326 e. The molecule has 2 aliphatic rings. The molecule has 0 bridgehead atoms. The molecular weight excluding hydrogens is 366 g/mol. The zero-order chi connectivity index (χ0) is 20.1. The highest BCUT2D eigenvalue weighted by molar-refractivity contribution is 6.02. The van der Waals surface area contributed by atoms with Crippen molar-refractivity contribution in [3.8, 4) is 0 Å². The smallest absolute Gasteiger partial charge is 0.326 e. The van der Waals surface area contributed by atoms with Gasteiger partial charge in [0.05, 0.1) is 6.10 Å². The number of hydrogen-bond acceptors (Lipinski definition) is 3. The van der Waals surface area contributed by atoms with Crippen molar-refractivity contribution >= 4 is 23.3 Å². The van der Waals surface area contributed by atoms with Crippen molar-refractivity contribution in [3.05, 3.63) is 59.7 Å². The summed E-state index contributed by atoms with van der Waals surface area (Å²) in [5.74, 6) is -0.125. The molecule has 2 N–H and O–H groups in total. The fourth-order valence-corrected chi connectivity index (χ4v) is 3.91. The molecule has 6 heteroatoms. The number of carbonyl (C=O) groups is 2. The molecule has 0 saturated carbocycles. The highest BCUT2D eigenvalue weighted by Crippen LogP contribution is 2.26. The number of rotatable bonds is 4. The van der Waals surface area contributed by atoms with Crippen molar-refractivity contribution in [2.24, 2.45) is 0 Å². The second-order valence-corrected chi connectivity index (χ2v) is 7.59. The minimum absolute atomic E-state index is 0.119. The predicted octanol–water partition coefficient (Wildman–Crippen LogP) is 3.97. The Kier molecular flexibility index (Phi) is 6.10. The molecule has 1 atom stereocenters. The Morgan fingerprint density at radius 1 is 1.03 bits per heavy atom. The third-order valence-electron chi connectivity index (χ3n) is 5.52. The van der Waals surface area contributed by atoms with Crippen LogP contribution >= 0.6 is 0 Å². The number of ether oxygens (including phenoxy) is 1. The zero-order valence-corrected chi connectivity index (χ0v) is 16.5. The summed E-state index contributed by atoms with van der Waals surface area (Å²) in [7, 11) is 0. The first-order valence-electron chi connectivity index (χ1n) is 10.4. The van der Waals surface area contributed by atoms with Crippen molar-refractivity contribution in [3.63, 3.8) is 0 Å². The number of para-hydroxylation sites is 1. The lowest BCUT2D eigenvalue weighted by Crippen LogP contribution is -2.35. The molecule has 0 aliphatic carbocycles. The Morgan fingerprint density at radius 2 is 1.86 bits per heavy atom. The quantitative estimate of drug-likeness (QED) is 0.826. The van der Waals surface area contributed by atoms with Crippen molar-refractivity contribution < 1.29 is 14.3 Å². The van der Waals surface area contributed by atoms with E-state index in [2.05, 4.69) is 16.7 Å². The molecule has 1 unspecified atom stereocenters. The number of nitrogens with one attached hydrogen (secondary N) is 2. The normalized spacial score (nSPS) is 18.6. The number of hydrogen-bond donors (Lipinski definition) is 2. The molecule has 2 heterocycles. The van der Waals surface area contributed by atoms with Crippen LogP contribution in [0, 0.1) is 0 Å². The van der Waals surface area contributed by atoms with Gasteiger partial charge in [0, 0.05) is 36.6 Å². The van der Waals surface area contributed by atoms with Crippen molar-refractivity contribution in [1.29, 1.82) is 0 Å². The van der Waals surface area contributed by atoms with Crippen molar-refractivity contribution in [2.75, 3.05) is 29.9 Å². The van der Waals surface area contributed by atoms with Gasteiger partial charge in [0.2, 0.25) is 0 Å². The van der Waals surface area contributed by atoms with Gasteiger partial charge >= 0.3 is 6.03 Å². The van der Waals surface area contributed by atoms with Gasteiger partial charge in [-0.3, -0.25) is 9.69 Å². The molecule has 29 heavy (non-hydrogen) atoms. The van der Waals surface area contributed by atoms with E-state index in [0.29, 0.717) is 24.3 Å². The van der Waals surface area contributed by atoms with E-state index >= 15 is 0 Å². The van der Waals surface area contributed by atoms with Crippen LogP contribution < -0.4 is 15.5 Å². The average Bonchev–Trinajstić information content (AvgIpc) is 3.17. The summed E-state index contributed by atoms with van der Waals surface area (Å²) in [6, 6.07) is 14.9. The molecule has 0 radical (unpaired) electrons. The first-order chi connectivity index (χ1) is 14.2. The molecule has 152 valence electrons. The molecule has 1 fully saturated rings. The van der Waals surface area contributed by atoms with Crippen molar-refractivity contribution in [1.82, 2.24) is 5.32 Å². The van der Waals surface area contributed by atoms with Gasteiger partial charge in [-0.1, -0.05) is 18.2 Å². The Bertz CT molecular complexity index is 860. The number of aryl methyl sites for hydroxylation is 1. The van der Waals surface area contributed by atoms with E-state index < -0.39 is 0 Å². The van der Waals surface area contributed by atoms with Crippen LogP contribution in [0.5, 0.6) is 0 Å². The van der Waals surface area contributed by atoms with Crippen LogP contribution in [-0.4, -0.2) is 37.7 Å². The maximum atomic E-state index is 12.9. The molecule has 3 amide bonds. The van der Waals surface area contributed by atoms with Gasteiger partial charge in [0.1, 0.15) is 0 Å². The summed E-state index contributed by atoms with van der Waals surface area (Å²) >= 11 is 0. The lowest BCUT2D eigenvalue weighted by atomic mass is 10.1. The maximum absolute atomic E-state index is 12.9. The third kappa shape index (κ3) is 4.77. The molecule has 2 aliphatic heterocycles. The van der Waals surface area contributed by atoms with Gasteiger partial charge in [-0.25, -0.2) is 4.79 Å². The van der Waals surface area contributed by atoms with Crippen LogP contribution in [0.4, 0.5) is 16.2 Å². The van der Waals surface area contributed by atoms with Crippen LogP contribution in [0.15, 0.2) is 48.5 Å². The molecule has 1 saturated heterocycles. The van der Waals surface area contributed by atoms with Crippen LogP contribution in [0.3, 0.4) is 0 Å². The largest absolute Gasteiger partial charge is 0.376 e. The van der Waals surface area contributed by atoms with E-state index in [0.717, 1.165) is 44.4 Å². The standard InChI is InChI=1S/C23H27N3O3/c27-22(24-16-20-8-5-15-29-20)18-10-12-19(13-11-18)25-23(28)26-14-4-3-7-17-6-1-2-9-21(17)26/h1-2,6,9-13,20H,3-5,7-8,14-16H2,(H,24,27)(H,25,28). The van der Waals surface area contributed by atoms with Crippen molar-refractivity contribution in [2.45, 2.75) is 38.2 Å². The van der Waals surface area contributed by atoms with E-state index in [9.17, 15) is 9.59 Å². The Balaban J connectivity index is 1.37. The summed E-state index contributed by atoms with van der Waals surface area (Å²) < 4.78 is 5.53. The lowest BCUT2D eigenvalue weighted by Gasteiger charge is -2.23. The van der Waals surface area contributed by atoms with E-state index in [1.54, 1.807) is 24.3 Å². The summed E-state index contributed by atoms with van der Waals surface area (Å²) in [6.45, 7) is 2.01. The summed E-state index contributed by atoms with van der Waals surface area (Å²) in [5.41, 5.74) is 3.43. The average molecular weight is 393 g/mol. The SMILES string of the molecule is O=C(NCC1CCCO1)c1ccc(NC(=O)N2CCCCc3ccccc32)cc1. The highest BCUT2D eigenvalue weighted by atomic mass is 16.5. The second-order valence-electron chi connectivity index (χ2n) is 7.59. The first-order valence-corrected chi connectivity index (χ1v) is 10.4. The van der Waals surface area contributed by atoms with Gasteiger partial charge in [0.15, 0.2) is 0 Å². The molecule has 6 nitrogen and oxygen atoms in total. The topological polar surface area (TPSA) is 70.7 Å². The number of nitrogens with zero attached hydrogens (tertiary/aromatic N) is 1. The van der Waals surface area contributed by atoms with Crippen LogP contribution in [0.1, 0.15) is 41.6 Å². The summed E-state index contributed by atoms with van der Waals surface area (Å²) in [4.78, 5) is 27.0. The summed E-state index contributed by atoms with van der Waals surface area (Å²) in [6.07, 6.45) is 5.22. The third-order valence-corrected chi connectivity index (χ3v) is 5.52. The van der Waals surface area contributed by atoms with Gasteiger partial charge in [-0.2, -0.15) is 0 Å². The molecule has 4 rings (SSSR count). The minimum Gasteiger partial charge on any atom is -0.376 e. The fraction of sp³-hybridized carbons (Fsp3) is 0.391. The monoisotopic (exact) mass is 393 g/mol. The Morgan fingerprint density at radius 3 is 2.66 bits per heavy atom. The van der Waals surface area contributed by atoms with E-state index in [-0.39, 0.29) is 18.0 Å². The van der Waals surface area contributed by atoms with E-state index in [4.69, 9.17) is 4.74 Å². The molecule has 0 spiro atoms. The number of amides is 3. The minimum atomic E-state index is -0.144. The fourth-order valence-electron chi connectivity index (χ4n) is 3.91. The zero-order valence-electron chi connectivity index (χ0n) is 16.5. The molecule has 0 aromatic heterocycles. The van der Waals surface area contributed by atoms with E-state index in [1.165, 1.54) is 5.56 Å².